The summed E-state index contributed by atoms with van der Waals surface area (Å²) in [7, 11) is 0. The molecule has 4 aromatic heterocycles. The smallest absolute Gasteiger partial charge is 0.144 e. The third-order valence-corrected chi connectivity index (χ3v) is 5.84. The van der Waals surface area contributed by atoms with Crippen molar-refractivity contribution in [3.8, 4) is 11.1 Å². The molecule has 0 bridgehead atoms. The van der Waals surface area contributed by atoms with E-state index < -0.39 is 0 Å². The van der Waals surface area contributed by atoms with Crippen LogP contribution in [0.15, 0.2) is 35.5 Å². The molecule has 28 heavy (non-hydrogen) atoms. The average molecular weight is 385 g/mol. The number of aryl methyl sites for hydroxylation is 2. The summed E-state index contributed by atoms with van der Waals surface area (Å²) in [5.41, 5.74) is 6.89. The second-order valence-electron chi connectivity index (χ2n) is 6.66. The standard InChI is InChI=1S/C19H11N7OS/c1-8-11-5-20-4-3-10(11)14(18-16(8)23-27-24-18)15-13-7-22-21-6-12(13)9(2)17-19(15)26-28-25-17/h3-7H,1-2H3. The summed E-state index contributed by atoms with van der Waals surface area (Å²) in [4.78, 5) is 4.30. The van der Waals surface area contributed by atoms with Gasteiger partial charge in [-0.25, -0.2) is 4.63 Å². The zero-order valence-electron chi connectivity index (χ0n) is 14.8. The number of benzene rings is 2. The Morgan fingerprint density at radius 3 is 2.29 bits per heavy atom. The van der Waals surface area contributed by atoms with Crippen molar-refractivity contribution in [1.29, 1.82) is 0 Å². The van der Waals surface area contributed by atoms with Crippen LogP contribution in [0, 0.1) is 13.8 Å². The predicted octanol–water partition coefficient (Wildman–Crippen LogP) is 4.00. The molecule has 6 rings (SSSR count). The van der Waals surface area contributed by atoms with Gasteiger partial charge in [-0.15, -0.1) is 0 Å². The van der Waals surface area contributed by atoms with E-state index in [0.717, 1.165) is 54.8 Å². The van der Waals surface area contributed by atoms with E-state index >= 15 is 0 Å². The third-order valence-electron chi connectivity index (χ3n) is 5.31. The Morgan fingerprint density at radius 1 is 0.714 bits per heavy atom. The van der Waals surface area contributed by atoms with E-state index in [-0.39, 0.29) is 0 Å². The average Bonchev–Trinajstić information content (AvgIpc) is 3.40. The summed E-state index contributed by atoms with van der Waals surface area (Å²) in [6.07, 6.45) is 7.15. The molecule has 0 aliphatic carbocycles. The van der Waals surface area contributed by atoms with Crippen LogP contribution in [0.25, 0.3) is 54.7 Å². The van der Waals surface area contributed by atoms with Crippen LogP contribution in [0.3, 0.4) is 0 Å². The highest BCUT2D eigenvalue weighted by Crippen LogP contribution is 2.44. The van der Waals surface area contributed by atoms with E-state index in [1.807, 2.05) is 26.1 Å². The molecule has 134 valence electrons. The molecular formula is C19H11N7OS. The van der Waals surface area contributed by atoms with Crippen molar-refractivity contribution < 1.29 is 4.63 Å². The summed E-state index contributed by atoms with van der Waals surface area (Å²) in [5.74, 6) is 0. The van der Waals surface area contributed by atoms with E-state index in [0.29, 0.717) is 11.0 Å². The first kappa shape index (κ1) is 15.5. The van der Waals surface area contributed by atoms with Crippen LogP contribution in [-0.4, -0.2) is 34.2 Å². The normalized spacial score (nSPS) is 11.9. The molecule has 0 aliphatic rings. The second-order valence-corrected chi connectivity index (χ2v) is 7.19. The number of pyridine rings is 1. The van der Waals surface area contributed by atoms with Crippen LogP contribution in [-0.2, 0) is 0 Å². The number of rotatable bonds is 1. The first-order valence-electron chi connectivity index (χ1n) is 8.60. The monoisotopic (exact) mass is 385 g/mol. The maximum absolute atomic E-state index is 5.13. The van der Waals surface area contributed by atoms with Crippen LogP contribution >= 0.6 is 11.7 Å². The van der Waals surface area contributed by atoms with Gasteiger partial charge in [0.15, 0.2) is 0 Å². The molecule has 0 unspecified atom stereocenters. The lowest BCUT2D eigenvalue weighted by Gasteiger charge is -2.13. The first-order chi connectivity index (χ1) is 13.8. The summed E-state index contributed by atoms with van der Waals surface area (Å²) in [5, 5.41) is 20.5. The van der Waals surface area contributed by atoms with Crippen LogP contribution in [0.5, 0.6) is 0 Å². The van der Waals surface area contributed by atoms with Crippen molar-refractivity contribution in [1.82, 2.24) is 34.2 Å². The SMILES string of the molecule is Cc1c2cnccc2c(-c2c3cnncc3c(C)c3nsnc23)c2nonc12. The lowest BCUT2D eigenvalue weighted by molar-refractivity contribution is 0.315. The summed E-state index contributed by atoms with van der Waals surface area (Å²) in [6, 6.07) is 1.98. The quantitative estimate of drug-likeness (QED) is 0.418. The van der Waals surface area contributed by atoms with E-state index in [1.165, 1.54) is 11.7 Å². The van der Waals surface area contributed by atoms with Crippen molar-refractivity contribution in [3.63, 3.8) is 0 Å². The zero-order chi connectivity index (χ0) is 18.8. The number of nitrogens with zero attached hydrogens (tertiary/aromatic N) is 7. The minimum atomic E-state index is 0.687. The Bertz CT molecular complexity index is 1430. The molecule has 2 aromatic carbocycles. The minimum absolute atomic E-state index is 0.687. The van der Waals surface area contributed by atoms with Crippen LogP contribution in [0.2, 0.25) is 0 Å². The van der Waals surface area contributed by atoms with Gasteiger partial charge in [0.05, 0.1) is 24.1 Å². The second kappa shape index (κ2) is 5.46. The Hall–Kier alpha value is -3.59. The van der Waals surface area contributed by atoms with Gasteiger partial charge in [0.25, 0.3) is 0 Å². The van der Waals surface area contributed by atoms with E-state index in [4.69, 9.17) is 4.63 Å². The topological polar surface area (TPSA) is 103 Å². The van der Waals surface area contributed by atoms with Gasteiger partial charge in [-0.05, 0) is 46.7 Å². The Morgan fingerprint density at radius 2 is 1.39 bits per heavy atom. The summed E-state index contributed by atoms with van der Waals surface area (Å²) in [6.45, 7) is 4.03. The highest BCUT2D eigenvalue weighted by atomic mass is 32.1. The van der Waals surface area contributed by atoms with Gasteiger partial charge in [0, 0.05) is 39.7 Å². The molecule has 0 fully saturated rings. The summed E-state index contributed by atoms with van der Waals surface area (Å²) < 4.78 is 14.3. The minimum Gasteiger partial charge on any atom is -0.264 e. The largest absolute Gasteiger partial charge is 0.264 e. The first-order valence-corrected chi connectivity index (χ1v) is 9.33. The lowest BCUT2D eigenvalue weighted by Crippen LogP contribution is -1.95. The molecule has 0 atom stereocenters. The molecule has 0 saturated heterocycles. The van der Waals surface area contributed by atoms with Crippen LogP contribution in [0.1, 0.15) is 11.1 Å². The van der Waals surface area contributed by atoms with Gasteiger partial charge in [0.2, 0.25) is 0 Å². The molecule has 0 saturated carbocycles. The molecule has 0 radical (unpaired) electrons. The molecule has 4 heterocycles. The maximum Gasteiger partial charge on any atom is 0.144 e. The molecule has 0 N–H and O–H groups in total. The van der Waals surface area contributed by atoms with E-state index in [2.05, 4.69) is 34.2 Å². The number of hydrogen-bond acceptors (Lipinski definition) is 9. The van der Waals surface area contributed by atoms with Gasteiger partial charge >= 0.3 is 0 Å². The fourth-order valence-corrected chi connectivity index (χ4v) is 4.55. The Kier molecular flexibility index (Phi) is 3.01. The Balaban J connectivity index is 1.96. The lowest BCUT2D eigenvalue weighted by atomic mass is 9.90. The number of aromatic nitrogens is 7. The fraction of sp³-hybridized carbons (Fsp3) is 0.105. The molecule has 8 nitrogen and oxygen atoms in total. The van der Waals surface area contributed by atoms with Gasteiger partial charge < -0.3 is 0 Å². The fourth-order valence-electron chi connectivity index (χ4n) is 3.94. The van der Waals surface area contributed by atoms with Crippen molar-refractivity contribution in [2.75, 3.05) is 0 Å². The number of fused-ring (bicyclic) bond motifs is 4. The zero-order valence-corrected chi connectivity index (χ0v) is 15.7. The molecule has 0 amide bonds. The number of hydrogen-bond donors (Lipinski definition) is 0. The predicted molar refractivity (Wildman–Crippen MR) is 106 cm³/mol. The highest BCUT2D eigenvalue weighted by Gasteiger charge is 2.24. The van der Waals surface area contributed by atoms with Gasteiger partial charge in [-0.1, -0.05) is 0 Å². The van der Waals surface area contributed by atoms with Gasteiger partial charge in [-0.2, -0.15) is 18.9 Å². The van der Waals surface area contributed by atoms with E-state index in [9.17, 15) is 0 Å². The summed E-state index contributed by atoms with van der Waals surface area (Å²) >= 11 is 1.19. The van der Waals surface area contributed by atoms with Crippen molar-refractivity contribution in [2.45, 2.75) is 13.8 Å². The van der Waals surface area contributed by atoms with Crippen molar-refractivity contribution >= 4 is 55.3 Å². The van der Waals surface area contributed by atoms with Crippen molar-refractivity contribution in [3.05, 3.63) is 42.0 Å². The molecule has 0 aliphatic heterocycles. The molecule has 0 spiro atoms. The van der Waals surface area contributed by atoms with Crippen LogP contribution in [0.4, 0.5) is 0 Å². The van der Waals surface area contributed by atoms with Crippen molar-refractivity contribution in [2.24, 2.45) is 0 Å². The molecule has 6 aromatic rings. The van der Waals surface area contributed by atoms with Crippen LogP contribution < -0.4 is 0 Å². The maximum atomic E-state index is 5.13. The van der Waals surface area contributed by atoms with E-state index in [1.54, 1.807) is 18.6 Å². The Labute approximate surface area is 161 Å². The van der Waals surface area contributed by atoms with Gasteiger partial charge in [-0.3, -0.25) is 4.98 Å². The van der Waals surface area contributed by atoms with Gasteiger partial charge in [0.1, 0.15) is 22.1 Å². The molecule has 9 heteroatoms. The molecular weight excluding hydrogens is 374 g/mol. The third kappa shape index (κ3) is 1.86. The highest BCUT2D eigenvalue weighted by molar-refractivity contribution is 7.00.